The number of fused-ring (bicyclic) bond motifs is 1. The molecule has 1 aromatic carbocycles. The number of aryl methyl sites for hydroxylation is 1. The number of H-pyrrole nitrogens is 1. The van der Waals surface area contributed by atoms with Gasteiger partial charge in [-0.2, -0.15) is 0 Å². The van der Waals surface area contributed by atoms with E-state index in [1.54, 1.807) is 26.0 Å². The van der Waals surface area contributed by atoms with Gasteiger partial charge in [0.1, 0.15) is 5.52 Å². The molecule has 1 N–H and O–H groups in total. The van der Waals surface area contributed by atoms with Crippen LogP contribution in [0.3, 0.4) is 0 Å². The SMILES string of the molecule is CC(=O)c1c(C)[nH]c(C(=O)COC(=O)/C=C/c2nc3ccccc3o2)c1C. The van der Waals surface area contributed by atoms with Gasteiger partial charge in [0.2, 0.25) is 11.7 Å². The van der Waals surface area contributed by atoms with Crippen LogP contribution in [0.5, 0.6) is 0 Å². The van der Waals surface area contributed by atoms with E-state index in [-0.39, 0.29) is 17.4 Å². The van der Waals surface area contributed by atoms with Gasteiger partial charge in [-0.25, -0.2) is 9.78 Å². The zero-order valence-electron chi connectivity index (χ0n) is 15.2. The molecular weight excluding hydrogens is 348 g/mol. The van der Waals surface area contributed by atoms with E-state index in [0.717, 1.165) is 6.08 Å². The van der Waals surface area contributed by atoms with Crippen molar-refractivity contribution in [2.24, 2.45) is 0 Å². The predicted octanol–water partition coefficient (Wildman–Crippen LogP) is 3.41. The number of nitrogens with zero attached hydrogens (tertiary/aromatic N) is 1. The Hall–Kier alpha value is -3.48. The number of esters is 1. The lowest BCUT2D eigenvalue weighted by molar-refractivity contribution is -0.136. The standard InChI is InChI=1S/C20H18N2O5/c1-11-19(13(3)23)12(2)21-20(11)15(24)10-26-18(25)9-8-17-22-14-6-4-5-7-16(14)27-17/h4-9,21H,10H2,1-3H3/b9-8+. The molecule has 138 valence electrons. The van der Waals surface area contributed by atoms with Gasteiger partial charge in [-0.3, -0.25) is 9.59 Å². The van der Waals surface area contributed by atoms with Crippen LogP contribution in [0.15, 0.2) is 34.8 Å². The maximum atomic E-state index is 12.3. The molecule has 0 aliphatic rings. The second-order valence-electron chi connectivity index (χ2n) is 6.07. The van der Waals surface area contributed by atoms with Crippen LogP contribution in [0.25, 0.3) is 17.2 Å². The maximum Gasteiger partial charge on any atom is 0.331 e. The second kappa shape index (κ2) is 7.41. The van der Waals surface area contributed by atoms with Gasteiger partial charge < -0.3 is 14.1 Å². The predicted molar refractivity (Wildman–Crippen MR) is 98.6 cm³/mol. The number of aromatic amines is 1. The fraction of sp³-hybridized carbons (Fsp3) is 0.200. The summed E-state index contributed by atoms with van der Waals surface area (Å²) in [6.45, 7) is 4.40. The number of carbonyl (C=O) groups excluding carboxylic acids is 3. The van der Waals surface area contributed by atoms with Gasteiger partial charge in [0, 0.05) is 23.4 Å². The molecule has 7 heteroatoms. The first-order valence-corrected chi connectivity index (χ1v) is 8.30. The smallest absolute Gasteiger partial charge is 0.331 e. The molecule has 27 heavy (non-hydrogen) atoms. The van der Waals surface area contributed by atoms with Crippen LogP contribution in [-0.2, 0) is 9.53 Å². The Balaban J connectivity index is 1.62. The van der Waals surface area contributed by atoms with Crippen molar-refractivity contribution < 1.29 is 23.5 Å². The van der Waals surface area contributed by atoms with E-state index in [2.05, 4.69) is 9.97 Å². The Morgan fingerprint density at radius 3 is 2.63 bits per heavy atom. The van der Waals surface area contributed by atoms with Gasteiger partial charge in [-0.15, -0.1) is 0 Å². The number of hydrogen-bond donors (Lipinski definition) is 1. The highest BCUT2D eigenvalue weighted by Crippen LogP contribution is 2.19. The van der Waals surface area contributed by atoms with E-state index in [0.29, 0.717) is 27.9 Å². The van der Waals surface area contributed by atoms with Crippen molar-refractivity contribution in [3.05, 3.63) is 58.7 Å². The average molecular weight is 366 g/mol. The highest BCUT2D eigenvalue weighted by atomic mass is 16.5. The van der Waals surface area contributed by atoms with E-state index >= 15 is 0 Å². The largest absolute Gasteiger partial charge is 0.454 e. The molecular formula is C20H18N2O5. The fourth-order valence-electron chi connectivity index (χ4n) is 2.91. The van der Waals surface area contributed by atoms with Gasteiger partial charge in [0.05, 0.1) is 5.69 Å². The summed E-state index contributed by atoms with van der Waals surface area (Å²) in [5.41, 5.74) is 3.22. The summed E-state index contributed by atoms with van der Waals surface area (Å²) in [5, 5.41) is 0. The number of oxazole rings is 1. The normalized spacial score (nSPS) is 11.2. The van der Waals surface area contributed by atoms with Crippen molar-refractivity contribution in [2.45, 2.75) is 20.8 Å². The first-order valence-electron chi connectivity index (χ1n) is 8.30. The van der Waals surface area contributed by atoms with Crippen LogP contribution >= 0.6 is 0 Å². The molecule has 0 fully saturated rings. The van der Waals surface area contributed by atoms with Crippen LogP contribution in [0.4, 0.5) is 0 Å². The summed E-state index contributed by atoms with van der Waals surface area (Å²) in [4.78, 5) is 42.8. The number of aromatic nitrogens is 2. The van der Waals surface area contributed by atoms with Crippen molar-refractivity contribution in [1.82, 2.24) is 9.97 Å². The Labute approximate surface area is 155 Å². The Kier molecular flexibility index (Phi) is 5.03. The lowest BCUT2D eigenvalue weighted by Gasteiger charge is -2.01. The van der Waals surface area contributed by atoms with Gasteiger partial charge in [0.15, 0.2) is 18.0 Å². The minimum absolute atomic E-state index is 0.126. The number of ether oxygens (including phenoxy) is 1. The van der Waals surface area contributed by atoms with Gasteiger partial charge >= 0.3 is 5.97 Å². The fourth-order valence-corrected chi connectivity index (χ4v) is 2.91. The average Bonchev–Trinajstić information content (AvgIpc) is 3.17. The Morgan fingerprint density at radius 2 is 1.96 bits per heavy atom. The molecule has 0 radical (unpaired) electrons. The Morgan fingerprint density at radius 1 is 1.22 bits per heavy atom. The molecule has 0 aliphatic heterocycles. The van der Waals surface area contributed by atoms with Crippen molar-refractivity contribution in [2.75, 3.05) is 6.61 Å². The van der Waals surface area contributed by atoms with Gasteiger partial charge in [-0.05, 0) is 38.5 Å². The molecule has 0 aliphatic carbocycles. The van der Waals surface area contributed by atoms with E-state index in [4.69, 9.17) is 9.15 Å². The van der Waals surface area contributed by atoms with E-state index in [1.165, 1.54) is 13.0 Å². The monoisotopic (exact) mass is 366 g/mol. The molecule has 0 saturated carbocycles. The third-order valence-corrected chi connectivity index (χ3v) is 4.09. The first-order chi connectivity index (χ1) is 12.9. The number of nitrogens with one attached hydrogen (secondary N) is 1. The molecule has 0 unspecified atom stereocenters. The topological polar surface area (TPSA) is 102 Å². The summed E-state index contributed by atoms with van der Waals surface area (Å²) in [7, 11) is 0. The summed E-state index contributed by atoms with van der Waals surface area (Å²) in [6.07, 6.45) is 2.52. The van der Waals surface area contributed by atoms with Crippen molar-refractivity contribution in [1.29, 1.82) is 0 Å². The van der Waals surface area contributed by atoms with Crippen molar-refractivity contribution in [3.63, 3.8) is 0 Å². The molecule has 0 atom stereocenters. The van der Waals surface area contributed by atoms with Gasteiger partial charge in [0.25, 0.3) is 0 Å². The maximum absolute atomic E-state index is 12.3. The molecule has 0 amide bonds. The molecule has 2 heterocycles. The van der Waals surface area contributed by atoms with Crippen molar-refractivity contribution in [3.8, 4) is 0 Å². The minimum Gasteiger partial charge on any atom is -0.454 e. The van der Waals surface area contributed by atoms with Crippen LogP contribution in [-0.4, -0.2) is 34.1 Å². The third kappa shape index (κ3) is 3.87. The van der Waals surface area contributed by atoms with Gasteiger partial charge in [-0.1, -0.05) is 12.1 Å². The number of para-hydroxylation sites is 2. The van der Waals surface area contributed by atoms with E-state index in [1.807, 2.05) is 12.1 Å². The van der Waals surface area contributed by atoms with E-state index in [9.17, 15) is 14.4 Å². The molecule has 7 nitrogen and oxygen atoms in total. The number of hydrogen-bond acceptors (Lipinski definition) is 6. The molecule has 3 rings (SSSR count). The zero-order valence-corrected chi connectivity index (χ0v) is 15.2. The second-order valence-corrected chi connectivity index (χ2v) is 6.07. The number of Topliss-reactive ketones (excluding diaryl/α,β-unsaturated/α-hetero) is 2. The minimum atomic E-state index is -0.696. The summed E-state index contributed by atoms with van der Waals surface area (Å²) in [5.74, 6) is -0.968. The quantitative estimate of drug-likeness (QED) is 0.407. The molecule has 0 bridgehead atoms. The molecule has 2 aromatic heterocycles. The van der Waals surface area contributed by atoms with Crippen LogP contribution in [0.2, 0.25) is 0 Å². The highest BCUT2D eigenvalue weighted by Gasteiger charge is 2.20. The van der Waals surface area contributed by atoms with Crippen molar-refractivity contribution >= 4 is 34.7 Å². The summed E-state index contributed by atoms with van der Waals surface area (Å²) in [6, 6.07) is 7.22. The molecule has 3 aromatic rings. The summed E-state index contributed by atoms with van der Waals surface area (Å²) < 4.78 is 10.4. The zero-order chi connectivity index (χ0) is 19.6. The molecule has 0 spiro atoms. The number of ketones is 2. The lowest BCUT2D eigenvalue weighted by Crippen LogP contribution is -2.14. The number of carbonyl (C=O) groups is 3. The summed E-state index contributed by atoms with van der Waals surface area (Å²) >= 11 is 0. The van der Waals surface area contributed by atoms with E-state index < -0.39 is 18.4 Å². The lowest BCUT2D eigenvalue weighted by atomic mass is 10.1. The number of benzene rings is 1. The highest BCUT2D eigenvalue weighted by molar-refractivity contribution is 6.04. The molecule has 0 saturated heterocycles. The number of rotatable bonds is 6. The van der Waals surface area contributed by atoms with Crippen LogP contribution in [0, 0.1) is 13.8 Å². The van der Waals surface area contributed by atoms with Crippen LogP contribution < -0.4 is 0 Å². The Bertz CT molecular complexity index is 1040. The third-order valence-electron chi connectivity index (χ3n) is 4.09. The van der Waals surface area contributed by atoms with Crippen LogP contribution in [0.1, 0.15) is 44.9 Å². The first kappa shape index (κ1) is 18.3.